The van der Waals surface area contributed by atoms with Gasteiger partial charge in [-0.3, -0.25) is 19.7 Å². The Hall–Kier alpha value is -2.38. The molecular formula is C12H12F2N2O4. The Morgan fingerprint density at radius 2 is 1.85 bits per heavy atom. The first-order valence-electron chi connectivity index (χ1n) is 5.68. The Morgan fingerprint density at radius 1 is 1.30 bits per heavy atom. The average molecular weight is 286 g/mol. The molecule has 0 heterocycles. The van der Waals surface area contributed by atoms with Crippen molar-refractivity contribution in [2.45, 2.75) is 13.8 Å². The van der Waals surface area contributed by atoms with Gasteiger partial charge in [0, 0.05) is 5.92 Å². The van der Waals surface area contributed by atoms with Crippen LogP contribution in [-0.4, -0.2) is 23.2 Å². The standard InChI is InChI=1S/C12H12F2N2O4/c1-6(2)11(17)5-15-12(18)7-3-8(13)9(14)4-10(7)16(19)20/h3-4,6H,5H2,1-2H3,(H,15,18). The van der Waals surface area contributed by atoms with Crippen LogP contribution in [0.25, 0.3) is 0 Å². The topological polar surface area (TPSA) is 89.3 Å². The Kier molecular flexibility index (Phi) is 4.84. The molecule has 20 heavy (non-hydrogen) atoms. The van der Waals surface area contributed by atoms with Gasteiger partial charge in [0.15, 0.2) is 17.4 Å². The number of Topliss-reactive ketones (excluding diaryl/α,β-unsaturated/α-hetero) is 1. The van der Waals surface area contributed by atoms with Crippen LogP contribution in [0, 0.1) is 27.7 Å². The predicted molar refractivity (Wildman–Crippen MR) is 65.2 cm³/mol. The molecule has 1 aromatic carbocycles. The third-order valence-corrected chi connectivity index (χ3v) is 2.55. The van der Waals surface area contributed by atoms with Crippen molar-refractivity contribution in [1.82, 2.24) is 5.32 Å². The summed E-state index contributed by atoms with van der Waals surface area (Å²) in [5.41, 5.74) is -1.50. The normalized spacial score (nSPS) is 10.4. The van der Waals surface area contributed by atoms with Crippen LogP contribution < -0.4 is 5.32 Å². The third kappa shape index (κ3) is 3.56. The highest BCUT2D eigenvalue weighted by Crippen LogP contribution is 2.22. The summed E-state index contributed by atoms with van der Waals surface area (Å²) in [4.78, 5) is 32.7. The van der Waals surface area contributed by atoms with E-state index < -0.39 is 33.7 Å². The highest BCUT2D eigenvalue weighted by molar-refractivity contribution is 6.00. The van der Waals surface area contributed by atoms with Gasteiger partial charge in [-0.05, 0) is 6.07 Å². The molecule has 0 radical (unpaired) electrons. The van der Waals surface area contributed by atoms with Gasteiger partial charge in [-0.25, -0.2) is 8.78 Å². The number of nitro groups is 1. The molecule has 1 aromatic rings. The summed E-state index contributed by atoms with van der Waals surface area (Å²) in [5.74, 6) is -4.43. The smallest absolute Gasteiger partial charge is 0.285 e. The molecule has 108 valence electrons. The van der Waals surface area contributed by atoms with Gasteiger partial charge in [-0.2, -0.15) is 0 Å². The number of carbonyl (C=O) groups is 2. The van der Waals surface area contributed by atoms with E-state index in [-0.39, 0.29) is 18.2 Å². The number of amides is 1. The molecule has 0 saturated heterocycles. The van der Waals surface area contributed by atoms with Gasteiger partial charge in [-0.1, -0.05) is 13.8 Å². The minimum Gasteiger partial charge on any atom is -0.345 e. The van der Waals surface area contributed by atoms with E-state index in [4.69, 9.17) is 0 Å². The van der Waals surface area contributed by atoms with Crippen molar-refractivity contribution >= 4 is 17.4 Å². The van der Waals surface area contributed by atoms with E-state index in [1.165, 1.54) is 0 Å². The van der Waals surface area contributed by atoms with Crippen LogP contribution in [-0.2, 0) is 4.79 Å². The van der Waals surface area contributed by atoms with E-state index in [1.54, 1.807) is 13.8 Å². The van der Waals surface area contributed by atoms with Gasteiger partial charge >= 0.3 is 0 Å². The van der Waals surface area contributed by atoms with Crippen molar-refractivity contribution in [3.63, 3.8) is 0 Å². The van der Waals surface area contributed by atoms with Crippen molar-refractivity contribution < 1.29 is 23.3 Å². The highest BCUT2D eigenvalue weighted by Gasteiger charge is 2.24. The first-order valence-corrected chi connectivity index (χ1v) is 5.68. The number of ketones is 1. The lowest BCUT2D eigenvalue weighted by Crippen LogP contribution is -2.32. The Balaban J connectivity index is 3.00. The summed E-state index contributed by atoms with van der Waals surface area (Å²) < 4.78 is 26.0. The van der Waals surface area contributed by atoms with E-state index >= 15 is 0 Å². The van der Waals surface area contributed by atoms with Crippen molar-refractivity contribution in [2.75, 3.05) is 6.54 Å². The zero-order valence-electron chi connectivity index (χ0n) is 10.8. The number of halogens is 2. The molecule has 0 aliphatic rings. The summed E-state index contributed by atoms with van der Waals surface area (Å²) in [6, 6.07) is 0.761. The maximum absolute atomic E-state index is 13.1. The Morgan fingerprint density at radius 3 is 2.35 bits per heavy atom. The second-order valence-corrected chi connectivity index (χ2v) is 4.34. The number of nitrogens with one attached hydrogen (secondary N) is 1. The van der Waals surface area contributed by atoms with Crippen LogP contribution >= 0.6 is 0 Å². The molecule has 0 fully saturated rings. The SMILES string of the molecule is CC(C)C(=O)CNC(=O)c1cc(F)c(F)cc1[N+](=O)[O-]. The second kappa shape index (κ2) is 6.18. The molecule has 0 aromatic heterocycles. The molecule has 0 spiro atoms. The number of carbonyl (C=O) groups excluding carboxylic acids is 2. The lowest BCUT2D eigenvalue weighted by atomic mass is 10.1. The maximum atomic E-state index is 13.1. The van der Waals surface area contributed by atoms with Crippen LogP contribution in [0.4, 0.5) is 14.5 Å². The molecule has 1 N–H and O–H groups in total. The minimum atomic E-state index is -1.42. The Bertz CT molecular complexity index is 573. The number of rotatable bonds is 5. The molecule has 0 saturated carbocycles. The summed E-state index contributed by atoms with van der Waals surface area (Å²) >= 11 is 0. The van der Waals surface area contributed by atoms with E-state index in [0.29, 0.717) is 12.1 Å². The summed E-state index contributed by atoms with van der Waals surface area (Å²) in [5, 5.41) is 12.8. The van der Waals surface area contributed by atoms with Crippen LogP contribution in [0.15, 0.2) is 12.1 Å². The van der Waals surface area contributed by atoms with Gasteiger partial charge in [0.05, 0.1) is 17.5 Å². The zero-order valence-corrected chi connectivity index (χ0v) is 10.8. The van der Waals surface area contributed by atoms with Crippen LogP contribution in [0.3, 0.4) is 0 Å². The van der Waals surface area contributed by atoms with Gasteiger partial charge in [0.1, 0.15) is 5.56 Å². The lowest BCUT2D eigenvalue weighted by Gasteiger charge is -2.07. The van der Waals surface area contributed by atoms with E-state index in [1.807, 2.05) is 0 Å². The summed E-state index contributed by atoms with van der Waals surface area (Å²) in [6.07, 6.45) is 0. The first-order chi connectivity index (χ1) is 9.23. The van der Waals surface area contributed by atoms with Gasteiger partial charge in [-0.15, -0.1) is 0 Å². The zero-order chi connectivity index (χ0) is 15.4. The fraction of sp³-hybridized carbons (Fsp3) is 0.333. The third-order valence-electron chi connectivity index (χ3n) is 2.55. The van der Waals surface area contributed by atoms with E-state index in [2.05, 4.69) is 5.32 Å². The Labute approximate surface area is 112 Å². The van der Waals surface area contributed by atoms with Gasteiger partial charge in [0.25, 0.3) is 11.6 Å². The summed E-state index contributed by atoms with van der Waals surface area (Å²) in [6.45, 7) is 2.90. The van der Waals surface area contributed by atoms with Crippen molar-refractivity contribution in [3.05, 3.63) is 39.4 Å². The molecule has 0 aliphatic carbocycles. The molecular weight excluding hydrogens is 274 g/mol. The molecule has 0 atom stereocenters. The lowest BCUT2D eigenvalue weighted by molar-refractivity contribution is -0.385. The maximum Gasteiger partial charge on any atom is 0.285 e. The number of benzene rings is 1. The number of hydrogen-bond acceptors (Lipinski definition) is 4. The minimum absolute atomic E-state index is 0.288. The molecule has 0 bridgehead atoms. The monoisotopic (exact) mass is 286 g/mol. The number of hydrogen-bond donors (Lipinski definition) is 1. The molecule has 0 unspecified atom stereocenters. The molecule has 0 aliphatic heterocycles. The second-order valence-electron chi connectivity index (χ2n) is 4.34. The van der Waals surface area contributed by atoms with Crippen LogP contribution in [0.2, 0.25) is 0 Å². The molecule has 8 heteroatoms. The predicted octanol–water partition coefficient (Wildman–Crippen LogP) is 1.83. The number of nitrogens with zero attached hydrogens (tertiary/aromatic N) is 1. The van der Waals surface area contributed by atoms with Crippen molar-refractivity contribution in [1.29, 1.82) is 0 Å². The van der Waals surface area contributed by atoms with Crippen molar-refractivity contribution in [2.24, 2.45) is 5.92 Å². The van der Waals surface area contributed by atoms with Gasteiger partial charge in [0.2, 0.25) is 0 Å². The number of nitro benzene ring substituents is 1. The largest absolute Gasteiger partial charge is 0.345 e. The van der Waals surface area contributed by atoms with Crippen LogP contribution in [0.5, 0.6) is 0 Å². The quantitative estimate of drug-likeness (QED) is 0.660. The van der Waals surface area contributed by atoms with Crippen molar-refractivity contribution in [3.8, 4) is 0 Å². The van der Waals surface area contributed by atoms with E-state index in [0.717, 1.165) is 0 Å². The molecule has 6 nitrogen and oxygen atoms in total. The summed E-state index contributed by atoms with van der Waals surface area (Å²) in [7, 11) is 0. The van der Waals surface area contributed by atoms with Crippen LogP contribution in [0.1, 0.15) is 24.2 Å². The molecule has 1 amide bonds. The first kappa shape index (κ1) is 15.7. The molecule has 1 rings (SSSR count). The average Bonchev–Trinajstić information content (AvgIpc) is 2.37. The highest BCUT2D eigenvalue weighted by atomic mass is 19.2. The fourth-order valence-electron chi connectivity index (χ4n) is 1.34. The van der Waals surface area contributed by atoms with E-state index in [9.17, 15) is 28.5 Å². The fourth-order valence-corrected chi connectivity index (χ4v) is 1.34. The van der Waals surface area contributed by atoms with Gasteiger partial charge < -0.3 is 5.32 Å².